The Kier molecular flexibility index (Phi) is 9.16. The summed E-state index contributed by atoms with van der Waals surface area (Å²) in [5.74, 6) is -1.43. The summed E-state index contributed by atoms with van der Waals surface area (Å²) in [5.41, 5.74) is 1.55. The number of rotatable bonds is 11. The second-order valence-corrected chi connectivity index (χ2v) is 15.5. The first-order valence-electron chi connectivity index (χ1n) is 12.8. The van der Waals surface area contributed by atoms with Gasteiger partial charge in [0, 0.05) is 24.6 Å². The molecule has 0 radical (unpaired) electrons. The Morgan fingerprint density at radius 3 is 2.35 bits per heavy atom. The maximum atomic E-state index is 13.8. The Morgan fingerprint density at radius 1 is 1.14 bits per heavy atom. The van der Waals surface area contributed by atoms with Gasteiger partial charge in [-0.2, -0.15) is 0 Å². The summed E-state index contributed by atoms with van der Waals surface area (Å²) >= 11 is 0. The maximum absolute atomic E-state index is 13.8. The van der Waals surface area contributed by atoms with Crippen molar-refractivity contribution < 1.29 is 22.4 Å². The summed E-state index contributed by atoms with van der Waals surface area (Å²) in [6, 6.07) is 13.6. The van der Waals surface area contributed by atoms with Gasteiger partial charge in [-0.15, -0.1) is 0 Å². The standard InChI is InChI=1S/C28H40N2O5SSi/c1-18-13-14-23(36(33,34)29-16-20-11-9-8-10-12-20)21(15-18)26(31)19(2)25-24(27(32)30-25)22(28(3,4)5)17-35-37(6)7/h8-15,19,22,24-25,29,37H,16-17H2,1-7H3,(H,30,32)/t19-,22-,24+,25-/m1/s1. The number of nitrogens with one attached hydrogen (secondary N) is 2. The van der Waals surface area contributed by atoms with Gasteiger partial charge in [-0.25, -0.2) is 13.1 Å². The van der Waals surface area contributed by atoms with E-state index in [1.165, 1.54) is 6.07 Å². The van der Waals surface area contributed by atoms with Gasteiger partial charge < -0.3 is 9.74 Å². The number of carbonyl (C=O) groups excluding carboxylic acids is 2. The van der Waals surface area contributed by atoms with Gasteiger partial charge in [-0.05, 0) is 49.0 Å². The highest BCUT2D eigenvalue weighted by Crippen LogP contribution is 2.41. The van der Waals surface area contributed by atoms with Gasteiger partial charge >= 0.3 is 0 Å². The lowest BCUT2D eigenvalue weighted by Gasteiger charge is -2.48. The van der Waals surface area contributed by atoms with Crippen LogP contribution in [0.1, 0.15) is 49.2 Å². The summed E-state index contributed by atoms with van der Waals surface area (Å²) in [4.78, 5) is 26.5. The maximum Gasteiger partial charge on any atom is 0.241 e. The molecule has 9 heteroatoms. The second-order valence-electron chi connectivity index (χ2n) is 11.4. The van der Waals surface area contributed by atoms with Crippen LogP contribution < -0.4 is 10.0 Å². The van der Waals surface area contributed by atoms with Crippen molar-refractivity contribution in [3.8, 4) is 0 Å². The Bertz CT molecular complexity index is 1220. The van der Waals surface area contributed by atoms with Gasteiger partial charge in [0.15, 0.2) is 14.8 Å². The number of β-lactam (4-membered cyclic amide) rings is 1. The number of carbonyl (C=O) groups is 2. The van der Waals surface area contributed by atoms with Crippen LogP contribution >= 0.6 is 0 Å². The van der Waals surface area contributed by atoms with E-state index in [1.54, 1.807) is 19.1 Å². The highest BCUT2D eigenvalue weighted by molar-refractivity contribution is 7.89. The molecule has 3 rings (SSSR count). The van der Waals surface area contributed by atoms with Crippen LogP contribution in [0.4, 0.5) is 0 Å². The molecule has 0 aromatic heterocycles. The molecule has 2 N–H and O–H groups in total. The zero-order chi connectivity index (χ0) is 27.5. The van der Waals surface area contributed by atoms with Crippen LogP contribution in [0.5, 0.6) is 0 Å². The average Bonchev–Trinajstić information content (AvgIpc) is 2.82. The van der Waals surface area contributed by atoms with E-state index < -0.39 is 31.0 Å². The molecule has 2 aromatic rings. The van der Waals surface area contributed by atoms with Gasteiger partial charge in [-0.1, -0.05) is 69.7 Å². The normalized spacial score (nSPS) is 19.7. The molecule has 1 fully saturated rings. The number of ketones is 1. The molecule has 0 aliphatic carbocycles. The van der Waals surface area contributed by atoms with E-state index in [-0.39, 0.29) is 45.9 Å². The highest BCUT2D eigenvalue weighted by Gasteiger charge is 2.51. The number of hydrogen-bond donors (Lipinski definition) is 2. The van der Waals surface area contributed by atoms with Crippen LogP contribution in [-0.2, 0) is 25.8 Å². The molecule has 1 heterocycles. The second kappa shape index (κ2) is 11.6. The third-order valence-corrected chi connectivity index (χ3v) is 9.42. The number of sulfonamides is 1. The van der Waals surface area contributed by atoms with Gasteiger partial charge in [0.25, 0.3) is 0 Å². The summed E-state index contributed by atoms with van der Waals surface area (Å²) in [7, 11) is -5.25. The summed E-state index contributed by atoms with van der Waals surface area (Å²) < 4.78 is 35.2. The van der Waals surface area contributed by atoms with Crippen LogP contribution in [0.3, 0.4) is 0 Å². The van der Waals surface area contributed by atoms with E-state index in [4.69, 9.17) is 4.43 Å². The molecule has 1 aliphatic heterocycles. The molecule has 37 heavy (non-hydrogen) atoms. The minimum Gasteiger partial charge on any atom is -0.420 e. The number of aryl methyl sites for hydroxylation is 1. The smallest absolute Gasteiger partial charge is 0.241 e. The van der Waals surface area contributed by atoms with Crippen LogP contribution in [0.25, 0.3) is 0 Å². The van der Waals surface area contributed by atoms with Crippen LogP contribution in [0.15, 0.2) is 53.4 Å². The van der Waals surface area contributed by atoms with E-state index in [0.29, 0.717) is 6.61 Å². The molecule has 1 saturated heterocycles. The largest absolute Gasteiger partial charge is 0.420 e. The number of hydrogen-bond acceptors (Lipinski definition) is 5. The number of amides is 1. The average molecular weight is 545 g/mol. The molecule has 0 unspecified atom stereocenters. The molecule has 0 spiro atoms. The Morgan fingerprint density at radius 2 is 1.78 bits per heavy atom. The number of Topliss-reactive ketones (excluding diaryl/α,β-unsaturated/α-hetero) is 1. The lowest BCUT2D eigenvalue weighted by Crippen LogP contribution is -2.66. The first-order chi connectivity index (χ1) is 17.2. The van der Waals surface area contributed by atoms with E-state index >= 15 is 0 Å². The zero-order valence-corrected chi connectivity index (χ0v) is 24.8. The fourth-order valence-corrected chi connectivity index (χ4v) is 6.61. The monoisotopic (exact) mass is 544 g/mol. The summed E-state index contributed by atoms with van der Waals surface area (Å²) in [6.45, 7) is 14.6. The van der Waals surface area contributed by atoms with Crippen LogP contribution in [0, 0.1) is 30.1 Å². The van der Waals surface area contributed by atoms with E-state index in [0.717, 1.165) is 11.1 Å². The van der Waals surface area contributed by atoms with Crippen molar-refractivity contribution in [2.75, 3.05) is 6.61 Å². The van der Waals surface area contributed by atoms with E-state index in [9.17, 15) is 18.0 Å². The topological polar surface area (TPSA) is 102 Å². The minimum absolute atomic E-state index is 0.0467. The molecule has 0 saturated carbocycles. The van der Waals surface area contributed by atoms with E-state index in [1.807, 2.05) is 37.3 Å². The summed E-state index contributed by atoms with van der Waals surface area (Å²) in [5, 5.41) is 2.93. The van der Waals surface area contributed by atoms with Crippen molar-refractivity contribution in [3.05, 3.63) is 65.2 Å². The fourth-order valence-electron chi connectivity index (χ4n) is 4.81. The first kappa shape index (κ1) is 29.2. The SMILES string of the molecule is Cc1ccc(S(=O)(=O)NCc2ccccc2)c(C(=O)[C@H](C)[C@H]2NC(=O)[C@H]2[C@@H](CO[SiH](C)C)C(C)(C)C)c1. The molecular formula is C28H40N2O5SSi. The van der Waals surface area contributed by atoms with Crippen molar-refractivity contribution in [3.63, 3.8) is 0 Å². The molecule has 1 amide bonds. The predicted molar refractivity (Wildman–Crippen MR) is 148 cm³/mol. The lowest BCUT2D eigenvalue weighted by molar-refractivity contribution is -0.143. The third kappa shape index (κ3) is 6.96. The summed E-state index contributed by atoms with van der Waals surface area (Å²) in [6.07, 6.45) is 0. The minimum atomic E-state index is -3.95. The molecule has 202 valence electrons. The van der Waals surface area contributed by atoms with Gasteiger partial charge in [-0.3, -0.25) is 9.59 Å². The number of benzene rings is 2. The van der Waals surface area contributed by atoms with Gasteiger partial charge in [0.1, 0.15) is 0 Å². The predicted octanol–water partition coefficient (Wildman–Crippen LogP) is 4.07. The molecule has 7 nitrogen and oxygen atoms in total. The molecular weight excluding hydrogens is 504 g/mol. The Labute approximate surface area is 223 Å². The van der Waals surface area contributed by atoms with Crippen LogP contribution in [0.2, 0.25) is 13.1 Å². The van der Waals surface area contributed by atoms with Crippen LogP contribution in [-0.4, -0.2) is 41.8 Å². The molecule has 2 aromatic carbocycles. The Balaban J connectivity index is 1.88. The highest BCUT2D eigenvalue weighted by atomic mass is 32.2. The quantitative estimate of drug-likeness (QED) is 0.252. The third-order valence-electron chi connectivity index (χ3n) is 7.10. The molecule has 4 atom stereocenters. The fraction of sp³-hybridized carbons (Fsp3) is 0.500. The van der Waals surface area contributed by atoms with Crippen molar-refractivity contribution >= 4 is 30.8 Å². The van der Waals surface area contributed by atoms with E-state index in [2.05, 4.69) is 43.9 Å². The molecule has 0 bridgehead atoms. The van der Waals surface area contributed by atoms with Gasteiger partial charge in [0.2, 0.25) is 15.9 Å². The van der Waals surface area contributed by atoms with Crippen molar-refractivity contribution in [2.24, 2.45) is 23.2 Å². The van der Waals surface area contributed by atoms with Crippen molar-refractivity contribution in [2.45, 2.75) is 65.2 Å². The Hall–Kier alpha value is -2.33. The van der Waals surface area contributed by atoms with Crippen molar-refractivity contribution in [1.82, 2.24) is 10.0 Å². The lowest BCUT2D eigenvalue weighted by atomic mass is 9.64. The van der Waals surface area contributed by atoms with Gasteiger partial charge in [0.05, 0.1) is 16.9 Å². The van der Waals surface area contributed by atoms with Crippen molar-refractivity contribution in [1.29, 1.82) is 0 Å². The zero-order valence-electron chi connectivity index (χ0n) is 22.9. The molecule has 1 aliphatic rings. The first-order valence-corrected chi connectivity index (χ1v) is 17.1.